The molecule has 0 atom stereocenters. The number of esters is 1. The van der Waals surface area contributed by atoms with E-state index in [0.717, 1.165) is 16.7 Å². The fraction of sp³-hybridized carbons (Fsp3) is 0.211. The lowest BCUT2D eigenvalue weighted by Gasteiger charge is -2.08. The lowest BCUT2D eigenvalue weighted by atomic mass is 10.1. The first kappa shape index (κ1) is 17.4. The number of sulfonamides is 1. The molecule has 5 nitrogen and oxygen atoms in total. The van der Waals surface area contributed by atoms with E-state index in [1.54, 1.807) is 18.2 Å². The summed E-state index contributed by atoms with van der Waals surface area (Å²) in [4.78, 5) is 11.1. The van der Waals surface area contributed by atoms with Gasteiger partial charge in [-0.1, -0.05) is 54.6 Å². The Hall–Kier alpha value is -2.44. The summed E-state index contributed by atoms with van der Waals surface area (Å²) in [6.45, 7) is 0.339. The first-order chi connectivity index (χ1) is 12.0. The van der Waals surface area contributed by atoms with Gasteiger partial charge in [-0.15, -0.1) is 0 Å². The predicted molar refractivity (Wildman–Crippen MR) is 95.9 cm³/mol. The van der Waals surface area contributed by atoms with Crippen LogP contribution in [0.15, 0.2) is 60.7 Å². The monoisotopic (exact) mass is 357 g/mol. The Bertz CT molecular complexity index is 871. The van der Waals surface area contributed by atoms with E-state index in [1.807, 2.05) is 42.5 Å². The van der Waals surface area contributed by atoms with Gasteiger partial charge in [0, 0.05) is 12.1 Å². The van der Waals surface area contributed by atoms with Crippen molar-refractivity contribution in [3.63, 3.8) is 0 Å². The number of hydrogen-bond acceptors (Lipinski definition) is 4. The molecule has 0 amide bonds. The topological polar surface area (TPSA) is 72.5 Å². The standard InChI is InChI=1S/C19H19NO4S/c21-19-11-10-18(24-19)17-8-6-15(7-9-17)12-13-20-25(22,23)14-16-4-2-1-3-5-16/h1-10,20H,11-14H2. The Morgan fingerprint density at radius 1 is 0.960 bits per heavy atom. The Morgan fingerprint density at radius 3 is 2.32 bits per heavy atom. The average Bonchev–Trinajstić information content (AvgIpc) is 3.02. The molecule has 1 aliphatic heterocycles. The summed E-state index contributed by atoms with van der Waals surface area (Å²) < 4.78 is 31.9. The van der Waals surface area contributed by atoms with Gasteiger partial charge in [0.1, 0.15) is 5.76 Å². The van der Waals surface area contributed by atoms with Gasteiger partial charge < -0.3 is 4.74 Å². The van der Waals surface area contributed by atoms with Crippen molar-refractivity contribution >= 4 is 21.8 Å². The van der Waals surface area contributed by atoms with E-state index in [4.69, 9.17) is 4.74 Å². The van der Waals surface area contributed by atoms with Crippen LogP contribution >= 0.6 is 0 Å². The molecule has 130 valence electrons. The van der Waals surface area contributed by atoms with Gasteiger partial charge >= 0.3 is 5.97 Å². The van der Waals surface area contributed by atoms with Gasteiger partial charge in [0.05, 0.1) is 12.2 Å². The zero-order valence-corrected chi connectivity index (χ0v) is 14.5. The van der Waals surface area contributed by atoms with Gasteiger partial charge in [0.15, 0.2) is 0 Å². The molecule has 0 unspecified atom stereocenters. The number of ether oxygens (including phenoxy) is 1. The number of carbonyl (C=O) groups excluding carboxylic acids is 1. The molecule has 0 bridgehead atoms. The Balaban J connectivity index is 1.51. The molecular weight excluding hydrogens is 338 g/mol. The van der Waals surface area contributed by atoms with Crippen molar-refractivity contribution in [3.05, 3.63) is 77.4 Å². The third-order valence-corrected chi connectivity index (χ3v) is 5.21. The second kappa shape index (κ2) is 7.63. The molecule has 2 aromatic carbocycles. The highest BCUT2D eigenvalue weighted by Crippen LogP contribution is 2.22. The van der Waals surface area contributed by atoms with Crippen LogP contribution in [0.2, 0.25) is 0 Å². The van der Waals surface area contributed by atoms with Crippen molar-refractivity contribution in [3.8, 4) is 0 Å². The highest BCUT2D eigenvalue weighted by molar-refractivity contribution is 7.88. The van der Waals surface area contributed by atoms with Crippen LogP contribution < -0.4 is 4.72 Å². The van der Waals surface area contributed by atoms with Gasteiger partial charge in [-0.3, -0.25) is 4.79 Å². The van der Waals surface area contributed by atoms with Crippen molar-refractivity contribution in [1.82, 2.24) is 4.72 Å². The molecule has 0 aliphatic carbocycles. The Morgan fingerprint density at radius 2 is 1.68 bits per heavy atom. The number of nitrogens with one attached hydrogen (secondary N) is 1. The largest absolute Gasteiger partial charge is 0.426 e. The lowest BCUT2D eigenvalue weighted by Crippen LogP contribution is -2.27. The van der Waals surface area contributed by atoms with E-state index in [9.17, 15) is 13.2 Å². The zero-order chi connectivity index (χ0) is 17.7. The highest BCUT2D eigenvalue weighted by atomic mass is 32.2. The maximum Gasteiger partial charge on any atom is 0.315 e. The molecule has 0 radical (unpaired) electrons. The molecule has 0 fully saturated rings. The van der Waals surface area contributed by atoms with Crippen LogP contribution in [0.1, 0.15) is 23.1 Å². The number of rotatable bonds is 7. The van der Waals surface area contributed by atoms with Crippen molar-refractivity contribution in [1.29, 1.82) is 0 Å². The molecule has 6 heteroatoms. The summed E-state index contributed by atoms with van der Waals surface area (Å²) in [5.74, 6) is 0.318. The summed E-state index contributed by atoms with van der Waals surface area (Å²) in [6.07, 6.45) is 2.66. The fourth-order valence-electron chi connectivity index (χ4n) is 2.59. The van der Waals surface area contributed by atoms with Gasteiger partial charge in [-0.25, -0.2) is 13.1 Å². The minimum Gasteiger partial charge on any atom is -0.426 e. The van der Waals surface area contributed by atoms with E-state index in [1.165, 1.54) is 0 Å². The van der Waals surface area contributed by atoms with Crippen LogP contribution in [-0.4, -0.2) is 20.9 Å². The molecule has 1 aliphatic rings. The Labute approximate surface area is 147 Å². The van der Waals surface area contributed by atoms with E-state index in [2.05, 4.69) is 4.72 Å². The predicted octanol–water partition coefficient (Wildman–Crippen LogP) is 2.64. The van der Waals surface area contributed by atoms with Crippen LogP contribution in [0.25, 0.3) is 5.76 Å². The number of hydrogen-bond donors (Lipinski definition) is 1. The second-order valence-electron chi connectivity index (χ2n) is 5.83. The van der Waals surface area contributed by atoms with Crippen LogP contribution in [0.5, 0.6) is 0 Å². The van der Waals surface area contributed by atoms with Gasteiger partial charge in [0.2, 0.25) is 10.0 Å². The molecule has 2 aromatic rings. The molecule has 25 heavy (non-hydrogen) atoms. The maximum atomic E-state index is 12.1. The van der Waals surface area contributed by atoms with Gasteiger partial charge in [-0.2, -0.15) is 0 Å². The fourth-order valence-corrected chi connectivity index (χ4v) is 3.74. The zero-order valence-electron chi connectivity index (χ0n) is 13.6. The summed E-state index contributed by atoms with van der Waals surface area (Å²) >= 11 is 0. The van der Waals surface area contributed by atoms with Crippen LogP contribution in [0.3, 0.4) is 0 Å². The number of carbonyl (C=O) groups is 1. The summed E-state index contributed by atoms with van der Waals surface area (Å²) in [7, 11) is -3.35. The molecule has 0 aromatic heterocycles. The highest BCUT2D eigenvalue weighted by Gasteiger charge is 2.15. The number of benzene rings is 2. The van der Waals surface area contributed by atoms with Gasteiger partial charge in [0.25, 0.3) is 0 Å². The summed E-state index contributed by atoms with van der Waals surface area (Å²) in [6, 6.07) is 16.7. The molecular formula is C19H19NO4S. The summed E-state index contributed by atoms with van der Waals surface area (Å²) in [5, 5.41) is 0. The van der Waals surface area contributed by atoms with E-state index < -0.39 is 10.0 Å². The third-order valence-electron chi connectivity index (χ3n) is 3.85. The SMILES string of the molecule is O=C1CC=C(c2ccc(CCNS(=O)(=O)Cc3ccccc3)cc2)O1. The van der Waals surface area contributed by atoms with Crippen molar-refractivity contribution in [2.24, 2.45) is 0 Å². The van der Waals surface area contributed by atoms with Crippen molar-refractivity contribution in [2.45, 2.75) is 18.6 Å². The number of cyclic esters (lactones) is 1. The van der Waals surface area contributed by atoms with E-state index in [-0.39, 0.29) is 11.7 Å². The van der Waals surface area contributed by atoms with Crippen LogP contribution in [-0.2, 0) is 31.7 Å². The average molecular weight is 357 g/mol. The molecule has 0 saturated heterocycles. The minimum absolute atomic E-state index is 0.0215. The van der Waals surface area contributed by atoms with Crippen molar-refractivity contribution < 1.29 is 17.9 Å². The Kier molecular flexibility index (Phi) is 5.31. The molecule has 1 heterocycles. The maximum absolute atomic E-state index is 12.1. The van der Waals surface area contributed by atoms with Gasteiger partial charge in [-0.05, 0) is 23.6 Å². The minimum atomic E-state index is -3.35. The molecule has 3 rings (SSSR count). The quantitative estimate of drug-likeness (QED) is 0.773. The van der Waals surface area contributed by atoms with E-state index >= 15 is 0 Å². The first-order valence-electron chi connectivity index (χ1n) is 8.03. The normalized spacial score (nSPS) is 14.2. The van der Waals surface area contributed by atoms with E-state index in [0.29, 0.717) is 25.1 Å². The lowest BCUT2D eigenvalue weighted by molar-refractivity contribution is -0.134. The molecule has 0 spiro atoms. The first-order valence-corrected chi connectivity index (χ1v) is 9.68. The van der Waals surface area contributed by atoms with Crippen LogP contribution in [0, 0.1) is 0 Å². The smallest absolute Gasteiger partial charge is 0.315 e. The second-order valence-corrected chi connectivity index (χ2v) is 7.64. The van der Waals surface area contributed by atoms with Crippen molar-refractivity contribution in [2.75, 3.05) is 6.54 Å². The molecule has 1 N–H and O–H groups in total. The molecule has 0 saturated carbocycles. The summed E-state index contributed by atoms with van der Waals surface area (Å²) in [5.41, 5.74) is 2.62. The van der Waals surface area contributed by atoms with Crippen LogP contribution in [0.4, 0.5) is 0 Å². The third kappa shape index (κ3) is 5.01.